The molecular weight excluding hydrogens is 308 g/mol. The van der Waals surface area contributed by atoms with Crippen molar-refractivity contribution >= 4 is 23.6 Å². The van der Waals surface area contributed by atoms with Gasteiger partial charge in [0.15, 0.2) is 0 Å². The van der Waals surface area contributed by atoms with Crippen LogP contribution in [0.25, 0.3) is 6.08 Å². The van der Waals surface area contributed by atoms with E-state index < -0.39 is 12.0 Å². The SMILES string of the molecule is COC(=O)C1CC(OC)CN1C(=O)C=Cc1ccc(N(C)C)cc1. The quantitative estimate of drug-likeness (QED) is 0.605. The lowest BCUT2D eigenvalue weighted by Gasteiger charge is -2.20. The number of carbonyl (C=O) groups excluding carboxylic acids is 2. The summed E-state index contributed by atoms with van der Waals surface area (Å²) >= 11 is 0. The Hall–Kier alpha value is -2.34. The van der Waals surface area contributed by atoms with Crippen LogP contribution in [0.3, 0.4) is 0 Å². The Morgan fingerprint density at radius 1 is 1.21 bits per heavy atom. The molecule has 1 aromatic rings. The Labute approximate surface area is 142 Å². The zero-order chi connectivity index (χ0) is 17.7. The zero-order valence-electron chi connectivity index (χ0n) is 14.6. The highest BCUT2D eigenvalue weighted by atomic mass is 16.5. The monoisotopic (exact) mass is 332 g/mol. The van der Waals surface area contributed by atoms with Crippen LogP contribution in [0.4, 0.5) is 5.69 Å². The first-order valence-corrected chi connectivity index (χ1v) is 7.83. The van der Waals surface area contributed by atoms with Crippen molar-refractivity contribution in [3.05, 3.63) is 35.9 Å². The topological polar surface area (TPSA) is 59.1 Å². The Morgan fingerprint density at radius 3 is 2.42 bits per heavy atom. The smallest absolute Gasteiger partial charge is 0.328 e. The second-order valence-electron chi connectivity index (χ2n) is 5.94. The number of carbonyl (C=O) groups is 2. The molecule has 0 aliphatic carbocycles. The van der Waals surface area contributed by atoms with Gasteiger partial charge in [-0.1, -0.05) is 12.1 Å². The van der Waals surface area contributed by atoms with Gasteiger partial charge in [0.1, 0.15) is 6.04 Å². The van der Waals surface area contributed by atoms with Gasteiger partial charge in [0.05, 0.1) is 13.2 Å². The maximum atomic E-state index is 12.5. The lowest BCUT2D eigenvalue weighted by molar-refractivity contribution is -0.149. The van der Waals surface area contributed by atoms with Gasteiger partial charge in [0, 0.05) is 45.9 Å². The van der Waals surface area contributed by atoms with Crippen LogP contribution in [0.2, 0.25) is 0 Å². The predicted octanol–water partition coefficient (Wildman–Crippen LogP) is 1.55. The molecule has 24 heavy (non-hydrogen) atoms. The van der Waals surface area contributed by atoms with Crippen molar-refractivity contribution in [2.45, 2.75) is 18.6 Å². The number of likely N-dealkylation sites (tertiary alicyclic amines) is 1. The number of benzene rings is 1. The fourth-order valence-electron chi connectivity index (χ4n) is 2.72. The molecule has 1 heterocycles. The first-order chi connectivity index (χ1) is 11.5. The van der Waals surface area contributed by atoms with Crippen molar-refractivity contribution in [1.82, 2.24) is 4.90 Å². The highest BCUT2D eigenvalue weighted by Gasteiger charge is 2.39. The molecule has 1 aliphatic rings. The van der Waals surface area contributed by atoms with E-state index in [0.717, 1.165) is 11.3 Å². The molecule has 0 saturated carbocycles. The maximum Gasteiger partial charge on any atom is 0.328 e. The first kappa shape index (κ1) is 18.0. The van der Waals surface area contributed by atoms with Crippen molar-refractivity contribution < 1.29 is 19.1 Å². The largest absolute Gasteiger partial charge is 0.467 e. The molecule has 6 heteroatoms. The summed E-state index contributed by atoms with van der Waals surface area (Å²) in [6, 6.07) is 7.27. The fourth-order valence-corrected chi connectivity index (χ4v) is 2.72. The van der Waals surface area contributed by atoms with E-state index in [0.29, 0.717) is 13.0 Å². The van der Waals surface area contributed by atoms with Crippen LogP contribution in [0.1, 0.15) is 12.0 Å². The molecule has 2 atom stereocenters. The van der Waals surface area contributed by atoms with E-state index in [1.54, 1.807) is 13.2 Å². The average Bonchev–Trinajstić information content (AvgIpc) is 3.03. The van der Waals surface area contributed by atoms with Gasteiger partial charge in [-0.05, 0) is 23.8 Å². The minimum absolute atomic E-state index is 0.147. The molecule has 0 bridgehead atoms. The summed E-state index contributed by atoms with van der Waals surface area (Å²) in [5.74, 6) is -0.631. The number of methoxy groups -OCH3 is 2. The second kappa shape index (κ2) is 7.97. The number of hydrogen-bond donors (Lipinski definition) is 0. The molecule has 0 spiro atoms. The maximum absolute atomic E-state index is 12.5. The van der Waals surface area contributed by atoms with E-state index >= 15 is 0 Å². The normalized spacial score (nSPS) is 20.4. The van der Waals surface area contributed by atoms with Crippen LogP contribution in [0, 0.1) is 0 Å². The molecule has 0 aromatic heterocycles. The van der Waals surface area contributed by atoms with Gasteiger partial charge < -0.3 is 19.3 Å². The van der Waals surface area contributed by atoms with Crippen molar-refractivity contribution in [3.8, 4) is 0 Å². The van der Waals surface area contributed by atoms with Crippen molar-refractivity contribution in [2.75, 3.05) is 39.8 Å². The van der Waals surface area contributed by atoms with Gasteiger partial charge in [-0.2, -0.15) is 0 Å². The van der Waals surface area contributed by atoms with E-state index in [1.807, 2.05) is 43.3 Å². The van der Waals surface area contributed by atoms with E-state index in [-0.39, 0.29) is 12.0 Å². The minimum Gasteiger partial charge on any atom is -0.467 e. The Balaban J connectivity index is 2.07. The molecule has 1 fully saturated rings. The number of rotatable bonds is 5. The molecule has 1 amide bonds. The summed E-state index contributed by atoms with van der Waals surface area (Å²) in [6.45, 7) is 0.388. The third kappa shape index (κ3) is 4.14. The van der Waals surface area contributed by atoms with Crippen LogP contribution in [-0.4, -0.2) is 63.8 Å². The summed E-state index contributed by atoms with van der Waals surface area (Å²) in [4.78, 5) is 27.8. The van der Waals surface area contributed by atoms with Gasteiger partial charge in [0.25, 0.3) is 0 Å². The summed E-state index contributed by atoms with van der Waals surface area (Å²) in [7, 11) is 6.85. The third-order valence-electron chi connectivity index (χ3n) is 4.18. The summed E-state index contributed by atoms with van der Waals surface area (Å²) < 4.78 is 10.1. The van der Waals surface area contributed by atoms with Crippen molar-refractivity contribution in [1.29, 1.82) is 0 Å². The van der Waals surface area contributed by atoms with Crippen LogP contribution >= 0.6 is 0 Å². The summed E-state index contributed by atoms with van der Waals surface area (Å²) in [5.41, 5.74) is 2.01. The molecule has 0 radical (unpaired) electrons. The van der Waals surface area contributed by atoms with Gasteiger partial charge >= 0.3 is 5.97 Å². The number of nitrogens with zero attached hydrogens (tertiary/aromatic N) is 2. The minimum atomic E-state index is -0.590. The fraction of sp³-hybridized carbons (Fsp3) is 0.444. The van der Waals surface area contributed by atoms with Crippen LogP contribution < -0.4 is 4.90 Å². The van der Waals surface area contributed by atoms with Crippen LogP contribution in [0.15, 0.2) is 30.3 Å². The third-order valence-corrected chi connectivity index (χ3v) is 4.18. The molecule has 1 saturated heterocycles. The molecule has 1 aromatic carbocycles. The number of amides is 1. The molecule has 6 nitrogen and oxygen atoms in total. The van der Waals surface area contributed by atoms with E-state index in [2.05, 4.69) is 0 Å². The Morgan fingerprint density at radius 2 is 1.88 bits per heavy atom. The van der Waals surface area contributed by atoms with Crippen molar-refractivity contribution in [3.63, 3.8) is 0 Å². The number of hydrogen-bond acceptors (Lipinski definition) is 5. The van der Waals surface area contributed by atoms with E-state index in [1.165, 1.54) is 18.1 Å². The van der Waals surface area contributed by atoms with E-state index in [4.69, 9.17) is 9.47 Å². The lowest BCUT2D eigenvalue weighted by atomic mass is 10.1. The number of ether oxygens (including phenoxy) is 2. The van der Waals surface area contributed by atoms with E-state index in [9.17, 15) is 9.59 Å². The Bertz CT molecular complexity index is 610. The summed E-state index contributed by atoms with van der Waals surface area (Å²) in [5, 5.41) is 0. The van der Waals surface area contributed by atoms with Crippen LogP contribution in [0.5, 0.6) is 0 Å². The number of esters is 1. The number of anilines is 1. The molecular formula is C18H24N2O4. The average molecular weight is 332 g/mol. The first-order valence-electron chi connectivity index (χ1n) is 7.83. The van der Waals surface area contributed by atoms with Gasteiger partial charge in [-0.15, -0.1) is 0 Å². The molecule has 0 N–H and O–H groups in total. The van der Waals surface area contributed by atoms with Crippen LogP contribution in [-0.2, 0) is 19.1 Å². The Kier molecular flexibility index (Phi) is 5.98. The lowest BCUT2D eigenvalue weighted by Crippen LogP contribution is -2.40. The standard InChI is InChI=1S/C18H24N2O4/c1-19(2)14-8-5-13(6-9-14)7-10-17(21)20-12-15(23-3)11-16(20)18(22)24-4/h5-10,15-16H,11-12H2,1-4H3. The highest BCUT2D eigenvalue weighted by Crippen LogP contribution is 2.22. The molecule has 2 rings (SSSR count). The molecule has 2 unspecified atom stereocenters. The highest BCUT2D eigenvalue weighted by molar-refractivity contribution is 5.95. The van der Waals surface area contributed by atoms with Gasteiger partial charge in [-0.3, -0.25) is 4.79 Å². The van der Waals surface area contributed by atoms with Gasteiger partial charge in [-0.25, -0.2) is 4.79 Å². The second-order valence-corrected chi connectivity index (χ2v) is 5.94. The van der Waals surface area contributed by atoms with Gasteiger partial charge in [0.2, 0.25) is 5.91 Å². The summed E-state index contributed by atoms with van der Waals surface area (Å²) in [6.07, 6.45) is 3.54. The zero-order valence-corrected chi connectivity index (χ0v) is 14.6. The molecule has 1 aliphatic heterocycles. The van der Waals surface area contributed by atoms with Crippen molar-refractivity contribution in [2.24, 2.45) is 0 Å². The molecule has 130 valence electrons. The predicted molar refractivity (Wildman–Crippen MR) is 92.7 cm³/mol.